The number of nitrogens with zero attached hydrogens (tertiary/aromatic N) is 2. The Morgan fingerprint density at radius 3 is 1.89 bits per heavy atom. The summed E-state index contributed by atoms with van der Waals surface area (Å²) in [4.78, 5) is 25.9. The highest BCUT2D eigenvalue weighted by Crippen LogP contribution is 2.21. The van der Waals surface area contributed by atoms with E-state index in [1.807, 2.05) is 6.07 Å². The molecule has 0 unspecified atom stereocenters. The van der Waals surface area contributed by atoms with Crippen molar-refractivity contribution in [3.8, 4) is 11.8 Å². The molecule has 0 atom stereocenters. The van der Waals surface area contributed by atoms with Gasteiger partial charge in [0.2, 0.25) is 0 Å². The molecule has 148 valence electrons. The molecule has 7 heteroatoms. The van der Waals surface area contributed by atoms with Crippen molar-refractivity contribution in [1.29, 1.82) is 5.26 Å². The van der Waals surface area contributed by atoms with Crippen molar-refractivity contribution < 1.29 is 24.2 Å². The number of phenols is 1. The molecule has 0 aliphatic heterocycles. The first-order chi connectivity index (χ1) is 12.3. The second kappa shape index (κ2) is 8.87. The van der Waals surface area contributed by atoms with Crippen molar-refractivity contribution in [2.75, 3.05) is 13.1 Å². The number of carbonyl (C=O) groups excluding carboxylic acids is 2. The second-order valence-electron chi connectivity index (χ2n) is 8.27. The molecule has 1 aromatic carbocycles. The Labute approximate surface area is 160 Å². The molecule has 0 bridgehead atoms. The summed E-state index contributed by atoms with van der Waals surface area (Å²) in [6.45, 7) is 10.4. The zero-order chi connectivity index (χ0) is 20.8. The molecule has 0 aliphatic carbocycles. The minimum Gasteiger partial charge on any atom is -0.508 e. The van der Waals surface area contributed by atoms with Gasteiger partial charge in [-0.15, -0.1) is 0 Å². The monoisotopic (exact) mass is 376 g/mol. The molecule has 0 saturated heterocycles. The standard InChI is InChI=1S/C20H28N2O5/c1-19(2,3)26-17(24)12-22(13-18(25)27-20(4,5)6)11-15-8-7-14(10-21)9-16(15)23/h7-9,23H,11-13H2,1-6H3. The minimum atomic E-state index is -0.648. The van der Waals surface area contributed by atoms with Gasteiger partial charge >= 0.3 is 11.9 Å². The maximum Gasteiger partial charge on any atom is 0.320 e. The van der Waals surface area contributed by atoms with Crippen LogP contribution in [-0.4, -0.2) is 46.2 Å². The summed E-state index contributed by atoms with van der Waals surface area (Å²) in [7, 11) is 0. The zero-order valence-corrected chi connectivity index (χ0v) is 16.8. The third-order valence-electron chi connectivity index (χ3n) is 3.15. The van der Waals surface area contributed by atoms with E-state index in [0.717, 1.165) is 0 Å². The molecule has 0 radical (unpaired) electrons. The molecule has 0 fully saturated rings. The number of carbonyl (C=O) groups is 2. The van der Waals surface area contributed by atoms with Crippen LogP contribution < -0.4 is 0 Å². The number of phenolic OH excluding ortho intramolecular Hbond substituents is 1. The van der Waals surface area contributed by atoms with Gasteiger partial charge in [-0.05, 0) is 53.7 Å². The number of hydrogen-bond acceptors (Lipinski definition) is 7. The van der Waals surface area contributed by atoms with Gasteiger partial charge in [0.1, 0.15) is 17.0 Å². The molecule has 27 heavy (non-hydrogen) atoms. The maximum atomic E-state index is 12.2. The van der Waals surface area contributed by atoms with Gasteiger partial charge in [-0.2, -0.15) is 5.26 Å². The van der Waals surface area contributed by atoms with Crippen molar-refractivity contribution in [1.82, 2.24) is 4.90 Å². The highest BCUT2D eigenvalue weighted by Gasteiger charge is 2.24. The van der Waals surface area contributed by atoms with Crippen LogP contribution in [-0.2, 0) is 25.6 Å². The van der Waals surface area contributed by atoms with Gasteiger partial charge in [0.25, 0.3) is 0 Å². The third kappa shape index (κ3) is 9.06. The largest absolute Gasteiger partial charge is 0.508 e. The summed E-state index contributed by atoms with van der Waals surface area (Å²) < 4.78 is 10.6. The molecule has 1 N–H and O–H groups in total. The Morgan fingerprint density at radius 1 is 1.04 bits per heavy atom. The van der Waals surface area contributed by atoms with Crippen LogP contribution in [0.4, 0.5) is 0 Å². The van der Waals surface area contributed by atoms with E-state index in [1.54, 1.807) is 53.7 Å². The fraction of sp³-hybridized carbons (Fsp3) is 0.550. The van der Waals surface area contributed by atoms with Crippen LogP contribution in [0.5, 0.6) is 5.75 Å². The second-order valence-corrected chi connectivity index (χ2v) is 8.27. The summed E-state index contributed by atoms with van der Waals surface area (Å²) in [5.74, 6) is -1.05. The Morgan fingerprint density at radius 2 is 1.52 bits per heavy atom. The van der Waals surface area contributed by atoms with Crippen LogP contribution in [0.2, 0.25) is 0 Å². The average molecular weight is 376 g/mol. The molecular formula is C20H28N2O5. The van der Waals surface area contributed by atoms with E-state index in [9.17, 15) is 14.7 Å². The Balaban J connectivity index is 2.94. The maximum absolute atomic E-state index is 12.2. The summed E-state index contributed by atoms with van der Waals surface area (Å²) in [6.07, 6.45) is 0. The lowest BCUT2D eigenvalue weighted by Gasteiger charge is -2.26. The van der Waals surface area contributed by atoms with Crippen LogP contribution in [0.15, 0.2) is 18.2 Å². The first-order valence-electron chi connectivity index (χ1n) is 8.67. The predicted molar refractivity (Wildman–Crippen MR) is 99.8 cm³/mol. The number of ether oxygens (including phenoxy) is 2. The molecular weight excluding hydrogens is 348 g/mol. The van der Waals surface area contributed by atoms with Crippen LogP contribution in [0.1, 0.15) is 52.7 Å². The van der Waals surface area contributed by atoms with Crippen LogP contribution in [0, 0.1) is 11.3 Å². The van der Waals surface area contributed by atoms with E-state index in [2.05, 4.69) is 0 Å². The van der Waals surface area contributed by atoms with Gasteiger partial charge in [-0.25, -0.2) is 0 Å². The lowest BCUT2D eigenvalue weighted by molar-refractivity contribution is -0.160. The predicted octanol–water partition coefficient (Wildman–Crippen LogP) is 2.75. The summed E-state index contributed by atoms with van der Waals surface area (Å²) >= 11 is 0. The Kier molecular flexibility index (Phi) is 7.37. The average Bonchev–Trinajstić information content (AvgIpc) is 2.44. The van der Waals surface area contributed by atoms with Gasteiger partial charge in [0.05, 0.1) is 24.7 Å². The van der Waals surface area contributed by atoms with Crippen molar-refractivity contribution in [2.45, 2.75) is 59.3 Å². The molecule has 0 heterocycles. The molecule has 0 aromatic heterocycles. The fourth-order valence-corrected chi connectivity index (χ4v) is 2.29. The molecule has 0 spiro atoms. The molecule has 0 saturated carbocycles. The molecule has 1 rings (SSSR count). The van der Waals surface area contributed by atoms with Gasteiger partial charge < -0.3 is 14.6 Å². The lowest BCUT2D eigenvalue weighted by atomic mass is 10.1. The molecule has 1 aromatic rings. The van der Waals surface area contributed by atoms with Crippen LogP contribution in [0.3, 0.4) is 0 Å². The lowest BCUT2D eigenvalue weighted by Crippen LogP contribution is -2.39. The molecule has 7 nitrogen and oxygen atoms in total. The number of benzene rings is 1. The van der Waals surface area contributed by atoms with Crippen molar-refractivity contribution >= 4 is 11.9 Å². The first-order valence-corrected chi connectivity index (χ1v) is 8.67. The quantitative estimate of drug-likeness (QED) is 0.762. The normalized spacial score (nSPS) is 11.8. The number of rotatable bonds is 6. The number of nitriles is 1. The van der Waals surface area contributed by atoms with E-state index in [-0.39, 0.29) is 25.4 Å². The van der Waals surface area contributed by atoms with Crippen molar-refractivity contribution in [2.24, 2.45) is 0 Å². The molecule has 0 amide bonds. The smallest absolute Gasteiger partial charge is 0.320 e. The van der Waals surface area contributed by atoms with Crippen LogP contribution in [0.25, 0.3) is 0 Å². The summed E-state index contributed by atoms with van der Waals surface area (Å²) in [5, 5.41) is 19.0. The van der Waals surface area contributed by atoms with E-state index in [0.29, 0.717) is 11.1 Å². The van der Waals surface area contributed by atoms with Crippen molar-refractivity contribution in [3.63, 3.8) is 0 Å². The Bertz CT molecular complexity index is 693. The van der Waals surface area contributed by atoms with E-state index in [1.165, 1.54) is 11.0 Å². The first kappa shape index (κ1) is 22.5. The van der Waals surface area contributed by atoms with Crippen molar-refractivity contribution in [3.05, 3.63) is 29.3 Å². The van der Waals surface area contributed by atoms with E-state index in [4.69, 9.17) is 14.7 Å². The summed E-state index contributed by atoms with van der Waals surface area (Å²) in [5.41, 5.74) is -0.487. The van der Waals surface area contributed by atoms with Crippen LogP contribution >= 0.6 is 0 Å². The number of hydrogen-bond donors (Lipinski definition) is 1. The van der Waals surface area contributed by atoms with Gasteiger partial charge in [-0.1, -0.05) is 6.07 Å². The van der Waals surface area contributed by atoms with Gasteiger partial charge in [-0.3, -0.25) is 14.5 Å². The van der Waals surface area contributed by atoms with E-state index < -0.39 is 23.1 Å². The highest BCUT2D eigenvalue weighted by atomic mass is 16.6. The van der Waals surface area contributed by atoms with Gasteiger partial charge in [0.15, 0.2) is 0 Å². The fourth-order valence-electron chi connectivity index (χ4n) is 2.29. The highest BCUT2D eigenvalue weighted by molar-refractivity contribution is 5.75. The summed E-state index contributed by atoms with van der Waals surface area (Å²) in [6, 6.07) is 6.44. The third-order valence-corrected chi connectivity index (χ3v) is 3.15. The number of esters is 2. The van der Waals surface area contributed by atoms with E-state index >= 15 is 0 Å². The Hall–Kier alpha value is -2.59. The molecule has 0 aliphatic rings. The number of aromatic hydroxyl groups is 1. The van der Waals surface area contributed by atoms with Gasteiger partial charge in [0, 0.05) is 12.1 Å². The zero-order valence-electron chi connectivity index (χ0n) is 16.8. The SMILES string of the molecule is CC(C)(C)OC(=O)CN(CC(=O)OC(C)(C)C)Cc1ccc(C#N)cc1O. The minimum absolute atomic E-state index is 0.0765. The topological polar surface area (TPSA) is 99.9 Å².